The van der Waals surface area contributed by atoms with Gasteiger partial charge in [0.25, 0.3) is 17.7 Å². The molecule has 7 nitrogen and oxygen atoms in total. The Hall–Kier alpha value is -4.04. The summed E-state index contributed by atoms with van der Waals surface area (Å²) in [5, 5.41) is 2.88. The number of halogens is 1. The van der Waals surface area contributed by atoms with Crippen LogP contribution in [0.3, 0.4) is 0 Å². The number of hydrogen-bond donors (Lipinski definition) is 2. The first kappa shape index (κ1) is 27.0. The van der Waals surface area contributed by atoms with Gasteiger partial charge in [0.2, 0.25) is 0 Å². The summed E-state index contributed by atoms with van der Waals surface area (Å²) in [5.41, 5.74) is 9.20. The molecule has 8 heteroatoms. The van der Waals surface area contributed by atoms with Crippen molar-refractivity contribution in [1.82, 2.24) is 15.1 Å². The average molecular weight is 517 g/mol. The first-order valence-electron chi connectivity index (χ1n) is 12.6. The Morgan fingerprint density at radius 1 is 0.868 bits per heavy atom. The van der Waals surface area contributed by atoms with E-state index in [4.69, 9.17) is 5.73 Å². The molecule has 0 aromatic heterocycles. The van der Waals surface area contributed by atoms with Crippen molar-refractivity contribution >= 4 is 17.7 Å². The van der Waals surface area contributed by atoms with Gasteiger partial charge >= 0.3 is 0 Å². The lowest BCUT2D eigenvalue weighted by Gasteiger charge is -2.29. The van der Waals surface area contributed by atoms with Gasteiger partial charge in [-0.3, -0.25) is 14.4 Å². The fraction of sp³-hybridized carbons (Fsp3) is 0.300. The molecule has 0 aliphatic carbocycles. The van der Waals surface area contributed by atoms with Crippen LogP contribution in [-0.2, 0) is 23.3 Å². The van der Waals surface area contributed by atoms with E-state index in [0.29, 0.717) is 12.1 Å². The molecule has 1 aliphatic heterocycles. The Bertz CT molecular complexity index is 1320. The maximum atomic E-state index is 13.6. The fourth-order valence-electron chi connectivity index (χ4n) is 4.52. The smallest absolute Gasteiger partial charge is 0.264 e. The van der Waals surface area contributed by atoms with Crippen LogP contribution in [-0.4, -0.2) is 46.8 Å². The van der Waals surface area contributed by atoms with Crippen LogP contribution in [0.25, 0.3) is 0 Å². The zero-order chi connectivity index (χ0) is 27.4. The highest BCUT2D eigenvalue weighted by Gasteiger charge is 2.43. The van der Waals surface area contributed by atoms with Crippen LogP contribution < -0.4 is 11.1 Å². The van der Waals surface area contributed by atoms with Crippen LogP contribution in [0.1, 0.15) is 58.2 Å². The molecule has 0 bridgehead atoms. The number of nitrogens with one attached hydrogen (secondary N) is 1. The van der Waals surface area contributed by atoms with Crippen LogP contribution >= 0.6 is 0 Å². The number of benzene rings is 3. The predicted molar refractivity (Wildman–Crippen MR) is 144 cm³/mol. The average Bonchev–Trinajstić information content (AvgIpc) is 3.36. The van der Waals surface area contributed by atoms with Gasteiger partial charge in [-0.05, 0) is 58.5 Å². The summed E-state index contributed by atoms with van der Waals surface area (Å²) in [4.78, 5) is 43.2. The molecule has 1 aliphatic rings. The first-order chi connectivity index (χ1) is 18.1. The van der Waals surface area contributed by atoms with Crippen molar-refractivity contribution in [2.24, 2.45) is 5.73 Å². The summed E-state index contributed by atoms with van der Waals surface area (Å²) < 4.78 is 13.5. The van der Waals surface area contributed by atoms with E-state index in [9.17, 15) is 18.8 Å². The van der Waals surface area contributed by atoms with E-state index in [1.165, 1.54) is 34.1 Å². The summed E-state index contributed by atoms with van der Waals surface area (Å²) in [6, 6.07) is 20.0. The molecule has 4 rings (SSSR count). The molecule has 198 valence electrons. The number of hydrogen-bond acceptors (Lipinski definition) is 4. The number of nitrogens with zero attached hydrogens (tertiary/aromatic N) is 2. The zero-order valence-corrected chi connectivity index (χ0v) is 21.9. The van der Waals surface area contributed by atoms with Gasteiger partial charge in [-0.15, -0.1) is 0 Å². The highest BCUT2D eigenvalue weighted by molar-refractivity contribution is 6.02. The molecular weight excluding hydrogens is 483 g/mol. The Morgan fingerprint density at radius 2 is 1.39 bits per heavy atom. The summed E-state index contributed by atoms with van der Waals surface area (Å²) >= 11 is 0. The summed E-state index contributed by atoms with van der Waals surface area (Å²) in [6.45, 7) is 7.22. The van der Waals surface area contributed by atoms with Gasteiger partial charge in [0.15, 0.2) is 6.17 Å². The summed E-state index contributed by atoms with van der Waals surface area (Å²) in [6.07, 6.45) is -1.15. The van der Waals surface area contributed by atoms with Gasteiger partial charge in [-0.1, -0.05) is 57.2 Å². The third-order valence-electron chi connectivity index (χ3n) is 6.71. The molecule has 1 fully saturated rings. The molecule has 1 atom stereocenters. The van der Waals surface area contributed by atoms with Gasteiger partial charge < -0.3 is 20.9 Å². The molecular formula is C30H33FN4O3. The van der Waals surface area contributed by atoms with Crippen molar-refractivity contribution in [1.29, 1.82) is 0 Å². The topological polar surface area (TPSA) is 95.7 Å². The maximum Gasteiger partial charge on any atom is 0.264 e. The van der Waals surface area contributed by atoms with E-state index in [0.717, 1.165) is 16.7 Å². The van der Waals surface area contributed by atoms with Crippen molar-refractivity contribution in [3.05, 3.63) is 106 Å². The molecule has 3 N–H and O–H groups in total. The number of carbonyl (C=O) groups excluding carboxylic acids is 3. The molecule has 1 unspecified atom stereocenters. The lowest BCUT2D eigenvalue weighted by Crippen LogP contribution is -2.53. The van der Waals surface area contributed by atoms with Crippen LogP contribution in [0.4, 0.5) is 4.39 Å². The maximum absolute atomic E-state index is 13.6. The third kappa shape index (κ3) is 5.92. The second kappa shape index (κ2) is 11.1. The van der Waals surface area contributed by atoms with Crippen LogP contribution in [0.15, 0.2) is 72.8 Å². The van der Waals surface area contributed by atoms with Crippen molar-refractivity contribution in [3.63, 3.8) is 0 Å². The van der Waals surface area contributed by atoms with E-state index in [-0.39, 0.29) is 36.5 Å². The standard InChI is InChI=1S/C30H33FN4O3/c1-30(2,3)24-11-7-22(8-12-24)28(37)34-15-16-35(29(38)23-9-13-25(31)14-10-23)27(34)26(36)33-19-21-6-4-5-20(17-21)18-32/h4-14,17,27H,15-16,18-19,32H2,1-3H3,(H,33,36). The van der Waals surface area contributed by atoms with Crippen molar-refractivity contribution < 1.29 is 18.8 Å². The largest absolute Gasteiger partial charge is 0.349 e. The van der Waals surface area contributed by atoms with Gasteiger partial charge in [-0.2, -0.15) is 0 Å². The van der Waals surface area contributed by atoms with Crippen molar-refractivity contribution in [3.8, 4) is 0 Å². The second-order valence-electron chi connectivity index (χ2n) is 10.4. The minimum Gasteiger partial charge on any atom is -0.349 e. The number of nitrogens with two attached hydrogens (primary N) is 1. The van der Waals surface area contributed by atoms with Crippen LogP contribution in [0.5, 0.6) is 0 Å². The van der Waals surface area contributed by atoms with Gasteiger partial charge in [-0.25, -0.2) is 4.39 Å². The molecule has 3 amide bonds. The van der Waals surface area contributed by atoms with E-state index < -0.39 is 23.8 Å². The molecule has 1 saturated heterocycles. The predicted octanol–water partition coefficient (Wildman–Crippen LogP) is 3.82. The summed E-state index contributed by atoms with van der Waals surface area (Å²) in [7, 11) is 0. The Balaban J connectivity index is 1.60. The first-order valence-corrected chi connectivity index (χ1v) is 12.6. The van der Waals surface area contributed by atoms with Crippen LogP contribution in [0, 0.1) is 5.82 Å². The van der Waals surface area contributed by atoms with Crippen molar-refractivity contribution in [2.75, 3.05) is 13.1 Å². The summed E-state index contributed by atoms with van der Waals surface area (Å²) in [5.74, 6) is -1.73. The SMILES string of the molecule is CC(C)(C)c1ccc(C(=O)N2CCN(C(=O)c3ccc(F)cc3)C2C(=O)NCc2cccc(CN)c2)cc1. The normalized spacial score (nSPS) is 15.4. The van der Waals surface area contributed by atoms with Gasteiger partial charge in [0.1, 0.15) is 5.82 Å². The molecule has 1 heterocycles. The molecule has 38 heavy (non-hydrogen) atoms. The van der Waals surface area contributed by atoms with Gasteiger partial charge in [0.05, 0.1) is 0 Å². The number of rotatable bonds is 6. The monoisotopic (exact) mass is 516 g/mol. The fourth-order valence-corrected chi connectivity index (χ4v) is 4.52. The van der Waals surface area contributed by atoms with Crippen LogP contribution in [0.2, 0.25) is 0 Å². The molecule has 3 aromatic carbocycles. The lowest BCUT2D eigenvalue weighted by atomic mass is 9.86. The third-order valence-corrected chi connectivity index (χ3v) is 6.71. The Kier molecular flexibility index (Phi) is 7.92. The van der Waals surface area contributed by atoms with E-state index in [1.807, 2.05) is 36.4 Å². The van der Waals surface area contributed by atoms with Crippen molar-refractivity contribution in [2.45, 2.75) is 45.4 Å². The lowest BCUT2D eigenvalue weighted by molar-refractivity contribution is -0.128. The Labute approximate surface area is 222 Å². The minimum absolute atomic E-state index is 0.0722. The quantitative estimate of drug-likeness (QED) is 0.521. The van der Waals surface area contributed by atoms with Gasteiger partial charge in [0, 0.05) is 37.3 Å². The van der Waals surface area contributed by atoms with E-state index in [1.54, 1.807) is 12.1 Å². The van der Waals surface area contributed by atoms with E-state index in [2.05, 4.69) is 26.1 Å². The molecule has 0 spiro atoms. The molecule has 0 saturated carbocycles. The highest BCUT2D eigenvalue weighted by Crippen LogP contribution is 2.25. The second-order valence-corrected chi connectivity index (χ2v) is 10.4. The minimum atomic E-state index is -1.15. The molecule has 0 radical (unpaired) electrons. The Morgan fingerprint density at radius 3 is 1.92 bits per heavy atom. The highest BCUT2D eigenvalue weighted by atomic mass is 19.1. The molecule has 3 aromatic rings. The zero-order valence-electron chi connectivity index (χ0n) is 21.9. The number of carbonyl (C=O) groups is 3. The number of amides is 3. The van der Waals surface area contributed by atoms with E-state index >= 15 is 0 Å².